The second-order valence-electron chi connectivity index (χ2n) is 7.03. The number of carbonyl (C=O) groups excluding carboxylic acids is 1. The molecule has 0 saturated carbocycles. The molecule has 0 fully saturated rings. The van der Waals surface area contributed by atoms with Crippen molar-refractivity contribution in [3.63, 3.8) is 0 Å². The van der Waals surface area contributed by atoms with Crippen LogP contribution < -0.4 is 16.0 Å². The van der Waals surface area contributed by atoms with E-state index in [1.807, 2.05) is 55.5 Å². The van der Waals surface area contributed by atoms with E-state index in [1.54, 1.807) is 6.92 Å². The van der Waals surface area contributed by atoms with Gasteiger partial charge < -0.3 is 16.0 Å². The van der Waals surface area contributed by atoms with Gasteiger partial charge >= 0.3 is 0 Å². The van der Waals surface area contributed by atoms with E-state index in [0.29, 0.717) is 10.8 Å². The Morgan fingerprint density at radius 3 is 2.19 bits per heavy atom. The first kappa shape index (κ1) is 23.2. The molecule has 0 aliphatic carbocycles. The summed E-state index contributed by atoms with van der Waals surface area (Å²) in [5, 5.41) is 19.9. The van der Waals surface area contributed by atoms with Gasteiger partial charge in [-0.3, -0.25) is 14.9 Å². The Kier molecular flexibility index (Phi) is 7.80. The van der Waals surface area contributed by atoms with Crippen LogP contribution in [0.3, 0.4) is 0 Å². The molecule has 0 spiro atoms. The third kappa shape index (κ3) is 6.79. The van der Waals surface area contributed by atoms with E-state index in [2.05, 4.69) is 16.0 Å². The molecule has 0 saturated heterocycles. The first-order valence-electron chi connectivity index (χ1n) is 9.77. The number of thioether (sulfide) groups is 1. The van der Waals surface area contributed by atoms with Crippen LogP contribution >= 0.6 is 24.0 Å². The van der Waals surface area contributed by atoms with Crippen LogP contribution in [0.15, 0.2) is 77.7 Å². The van der Waals surface area contributed by atoms with Gasteiger partial charge in [-0.25, -0.2) is 0 Å². The van der Waals surface area contributed by atoms with Crippen LogP contribution in [0, 0.1) is 17.0 Å². The minimum Gasteiger partial charge on any atom is -0.332 e. The Hall–Kier alpha value is -3.43. The zero-order chi connectivity index (χ0) is 23.1. The zero-order valence-corrected chi connectivity index (χ0v) is 19.1. The fraction of sp³-hybridized carbons (Fsp3) is 0.130. The van der Waals surface area contributed by atoms with E-state index in [9.17, 15) is 14.9 Å². The lowest BCUT2D eigenvalue weighted by atomic mass is 10.2. The monoisotopic (exact) mass is 466 g/mol. The Balaban J connectivity index is 1.55. The summed E-state index contributed by atoms with van der Waals surface area (Å²) in [4.78, 5) is 23.7. The van der Waals surface area contributed by atoms with Crippen LogP contribution in [-0.4, -0.2) is 21.2 Å². The standard InChI is InChI=1S/C23H22N4O3S2/c1-15-6-8-18(9-7-15)25-23(31)26-19-4-3-5-21(14-19)32-16(2)22(28)24-17-10-12-20(13-11-17)27(29)30/h3-14,16H,1-2H3,(H,24,28)(H2,25,26,31). The molecule has 1 unspecified atom stereocenters. The van der Waals surface area contributed by atoms with Gasteiger partial charge in [-0.1, -0.05) is 23.8 Å². The van der Waals surface area contributed by atoms with Gasteiger partial charge in [-0.15, -0.1) is 11.8 Å². The number of nitro groups is 1. The number of nitro benzene ring substituents is 1. The largest absolute Gasteiger partial charge is 0.332 e. The summed E-state index contributed by atoms with van der Waals surface area (Å²) in [5.74, 6) is -0.196. The van der Waals surface area contributed by atoms with Crippen LogP contribution in [-0.2, 0) is 4.79 Å². The smallest absolute Gasteiger partial charge is 0.269 e. The zero-order valence-electron chi connectivity index (χ0n) is 17.5. The van der Waals surface area contributed by atoms with Gasteiger partial charge in [0.2, 0.25) is 5.91 Å². The van der Waals surface area contributed by atoms with Crippen molar-refractivity contribution in [1.82, 2.24) is 0 Å². The summed E-state index contributed by atoms with van der Waals surface area (Å²) in [6, 6.07) is 21.3. The summed E-state index contributed by atoms with van der Waals surface area (Å²) in [7, 11) is 0. The fourth-order valence-corrected chi connectivity index (χ4v) is 3.91. The molecular weight excluding hydrogens is 444 g/mol. The summed E-state index contributed by atoms with van der Waals surface area (Å²) in [6.45, 7) is 3.83. The highest BCUT2D eigenvalue weighted by Gasteiger charge is 2.15. The van der Waals surface area contributed by atoms with E-state index in [4.69, 9.17) is 12.2 Å². The van der Waals surface area contributed by atoms with Crippen molar-refractivity contribution in [2.75, 3.05) is 16.0 Å². The number of rotatable bonds is 7. The van der Waals surface area contributed by atoms with Crippen molar-refractivity contribution in [2.24, 2.45) is 0 Å². The molecule has 0 radical (unpaired) electrons. The number of nitrogens with one attached hydrogen (secondary N) is 3. The average Bonchev–Trinajstić information content (AvgIpc) is 2.76. The molecule has 0 aliphatic rings. The number of amides is 1. The van der Waals surface area contributed by atoms with Crippen molar-refractivity contribution in [3.8, 4) is 0 Å². The van der Waals surface area contributed by atoms with Crippen LogP contribution in [0.25, 0.3) is 0 Å². The Labute approximate surface area is 195 Å². The van der Waals surface area contributed by atoms with Gasteiger partial charge in [0.15, 0.2) is 5.11 Å². The molecule has 1 amide bonds. The highest BCUT2D eigenvalue weighted by Crippen LogP contribution is 2.27. The number of thiocarbonyl (C=S) groups is 1. The van der Waals surface area contributed by atoms with Crippen molar-refractivity contribution in [1.29, 1.82) is 0 Å². The molecule has 7 nitrogen and oxygen atoms in total. The number of benzene rings is 3. The predicted molar refractivity (Wildman–Crippen MR) is 135 cm³/mol. The number of nitrogens with zero attached hydrogens (tertiary/aromatic N) is 1. The van der Waals surface area contributed by atoms with Crippen LogP contribution in [0.5, 0.6) is 0 Å². The first-order chi connectivity index (χ1) is 15.3. The first-order valence-corrected chi connectivity index (χ1v) is 11.1. The normalized spacial score (nSPS) is 11.3. The molecule has 1 atom stereocenters. The van der Waals surface area contributed by atoms with Gasteiger partial charge in [-0.05, 0) is 68.5 Å². The summed E-state index contributed by atoms with van der Waals surface area (Å²) >= 11 is 6.79. The van der Waals surface area contributed by atoms with E-state index in [1.165, 1.54) is 41.6 Å². The number of hydrogen-bond donors (Lipinski definition) is 3. The molecule has 3 rings (SSSR count). The van der Waals surface area contributed by atoms with E-state index >= 15 is 0 Å². The molecule has 0 aromatic heterocycles. The number of hydrogen-bond acceptors (Lipinski definition) is 5. The van der Waals surface area contributed by atoms with Gasteiger partial charge in [0.05, 0.1) is 10.2 Å². The van der Waals surface area contributed by atoms with E-state index in [-0.39, 0.29) is 16.8 Å². The lowest BCUT2D eigenvalue weighted by molar-refractivity contribution is -0.384. The number of anilines is 3. The molecule has 3 aromatic carbocycles. The summed E-state index contributed by atoms with van der Waals surface area (Å²) < 4.78 is 0. The van der Waals surface area contributed by atoms with Gasteiger partial charge in [0.25, 0.3) is 5.69 Å². The molecular formula is C23H22N4O3S2. The molecule has 0 heterocycles. The Morgan fingerprint density at radius 2 is 1.53 bits per heavy atom. The number of carbonyl (C=O) groups is 1. The summed E-state index contributed by atoms with van der Waals surface area (Å²) in [5.41, 5.74) is 3.36. The number of non-ortho nitro benzene ring substituents is 1. The maximum absolute atomic E-state index is 12.5. The minimum atomic E-state index is -0.479. The molecule has 164 valence electrons. The van der Waals surface area contributed by atoms with Crippen LogP contribution in [0.1, 0.15) is 12.5 Å². The van der Waals surface area contributed by atoms with Gasteiger partial charge in [0.1, 0.15) is 0 Å². The minimum absolute atomic E-state index is 0.0236. The Bertz CT molecular complexity index is 1120. The topological polar surface area (TPSA) is 96.3 Å². The van der Waals surface area contributed by atoms with Crippen molar-refractivity contribution >= 4 is 57.7 Å². The summed E-state index contributed by atoms with van der Waals surface area (Å²) in [6.07, 6.45) is 0. The van der Waals surface area contributed by atoms with Crippen LogP contribution in [0.4, 0.5) is 22.7 Å². The van der Waals surface area contributed by atoms with E-state index < -0.39 is 4.92 Å². The maximum Gasteiger partial charge on any atom is 0.269 e. The van der Waals surface area contributed by atoms with Crippen molar-refractivity contribution in [2.45, 2.75) is 24.0 Å². The average molecular weight is 467 g/mol. The lowest BCUT2D eigenvalue weighted by Crippen LogP contribution is -2.22. The molecule has 32 heavy (non-hydrogen) atoms. The Morgan fingerprint density at radius 1 is 0.938 bits per heavy atom. The lowest BCUT2D eigenvalue weighted by Gasteiger charge is -2.14. The number of aryl methyl sites for hydroxylation is 1. The highest BCUT2D eigenvalue weighted by atomic mass is 32.2. The molecule has 3 N–H and O–H groups in total. The van der Waals surface area contributed by atoms with Crippen molar-refractivity contribution in [3.05, 3.63) is 88.5 Å². The fourth-order valence-electron chi connectivity index (χ4n) is 2.75. The third-order valence-corrected chi connectivity index (χ3v) is 5.73. The highest BCUT2D eigenvalue weighted by molar-refractivity contribution is 8.00. The van der Waals surface area contributed by atoms with Crippen LogP contribution in [0.2, 0.25) is 0 Å². The van der Waals surface area contributed by atoms with Gasteiger partial charge in [0, 0.05) is 34.1 Å². The third-order valence-electron chi connectivity index (χ3n) is 4.43. The van der Waals surface area contributed by atoms with Crippen molar-refractivity contribution < 1.29 is 9.72 Å². The molecule has 3 aromatic rings. The van der Waals surface area contributed by atoms with Gasteiger partial charge in [-0.2, -0.15) is 0 Å². The SMILES string of the molecule is Cc1ccc(NC(=S)Nc2cccc(SC(C)C(=O)Nc3ccc([N+](=O)[O-])cc3)c2)cc1. The predicted octanol–water partition coefficient (Wildman–Crippen LogP) is 5.83. The quantitative estimate of drug-likeness (QED) is 0.174. The second-order valence-corrected chi connectivity index (χ2v) is 8.85. The maximum atomic E-state index is 12.5. The second kappa shape index (κ2) is 10.7. The van der Waals surface area contributed by atoms with E-state index in [0.717, 1.165) is 16.3 Å². The molecule has 9 heteroatoms. The molecule has 0 aliphatic heterocycles. The molecule has 0 bridgehead atoms.